The Morgan fingerprint density at radius 3 is 2.53 bits per heavy atom. The van der Waals surface area contributed by atoms with E-state index in [1.165, 1.54) is 12.1 Å². The summed E-state index contributed by atoms with van der Waals surface area (Å²) in [6.45, 7) is 0. The fraction of sp³-hybridized carbons (Fsp3) is 0. The predicted octanol–water partition coefficient (Wildman–Crippen LogP) is 2.69. The van der Waals surface area contributed by atoms with Gasteiger partial charge in [0.2, 0.25) is 0 Å². The summed E-state index contributed by atoms with van der Waals surface area (Å²) < 4.78 is 31.8. The molecule has 0 bridgehead atoms. The van der Waals surface area contributed by atoms with Gasteiger partial charge in [-0.05, 0) is 51.6 Å². The molecule has 2 aromatic rings. The molecular formula is C10H7IO3S. The summed E-state index contributed by atoms with van der Waals surface area (Å²) in [7, 11) is -4.11. The van der Waals surface area contributed by atoms with Crippen LogP contribution in [-0.4, -0.2) is 13.0 Å². The molecule has 0 amide bonds. The quantitative estimate of drug-likeness (QED) is 0.644. The Balaban J connectivity index is 2.79. The zero-order valence-corrected chi connectivity index (χ0v) is 10.5. The summed E-state index contributed by atoms with van der Waals surface area (Å²) in [5.74, 6) is 0. The van der Waals surface area contributed by atoms with Crippen molar-refractivity contribution >= 4 is 43.5 Å². The fourth-order valence-electron chi connectivity index (χ4n) is 1.38. The van der Waals surface area contributed by atoms with Crippen LogP contribution in [0.15, 0.2) is 41.3 Å². The molecule has 0 aromatic heterocycles. The van der Waals surface area contributed by atoms with Crippen LogP contribution in [0.2, 0.25) is 0 Å². The van der Waals surface area contributed by atoms with Gasteiger partial charge in [-0.2, -0.15) is 8.42 Å². The van der Waals surface area contributed by atoms with E-state index in [9.17, 15) is 8.42 Å². The Labute approximate surface area is 101 Å². The van der Waals surface area contributed by atoms with Crippen molar-refractivity contribution in [3.63, 3.8) is 0 Å². The van der Waals surface area contributed by atoms with E-state index < -0.39 is 10.1 Å². The van der Waals surface area contributed by atoms with Gasteiger partial charge in [-0.1, -0.05) is 18.2 Å². The highest BCUT2D eigenvalue weighted by molar-refractivity contribution is 14.1. The summed E-state index contributed by atoms with van der Waals surface area (Å²) in [4.78, 5) is -0.0722. The van der Waals surface area contributed by atoms with Crippen molar-refractivity contribution in [2.24, 2.45) is 0 Å². The molecule has 15 heavy (non-hydrogen) atoms. The third kappa shape index (κ3) is 2.14. The first-order valence-electron chi connectivity index (χ1n) is 4.14. The average molecular weight is 334 g/mol. The maximum Gasteiger partial charge on any atom is 0.294 e. The molecule has 0 aliphatic carbocycles. The molecule has 3 nitrogen and oxygen atoms in total. The molecule has 0 spiro atoms. The largest absolute Gasteiger partial charge is 0.294 e. The van der Waals surface area contributed by atoms with Crippen LogP contribution in [0.25, 0.3) is 10.8 Å². The summed E-state index contributed by atoms with van der Waals surface area (Å²) in [5, 5.41) is 1.78. The van der Waals surface area contributed by atoms with Gasteiger partial charge in [-0.25, -0.2) is 0 Å². The molecule has 1 N–H and O–H groups in total. The van der Waals surface area contributed by atoms with Crippen molar-refractivity contribution in [3.05, 3.63) is 40.0 Å². The normalized spacial score (nSPS) is 11.9. The number of fused-ring (bicyclic) bond motifs is 1. The topological polar surface area (TPSA) is 54.4 Å². The lowest BCUT2D eigenvalue weighted by molar-refractivity contribution is 0.483. The second-order valence-electron chi connectivity index (χ2n) is 3.10. The van der Waals surface area contributed by atoms with E-state index >= 15 is 0 Å². The van der Waals surface area contributed by atoms with Gasteiger partial charge in [0.05, 0.1) is 4.90 Å². The van der Waals surface area contributed by atoms with Crippen LogP contribution in [-0.2, 0) is 10.1 Å². The van der Waals surface area contributed by atoms with E-state index in [4.69, 9.17) is 4.55 Å². The number of halogens is 1. The Bertz CT molecular complexity index is 620. The van der Waals surface area contributed by atoms with Crippen LogP contribution in [0.4, 0.5) is 0 Å². The predicted molar refractivity (Wildman–Crippen MR) is 66.5 cm³/mol. The molecule has 0 atom stereocenters. The highest BCUT2D eigenvalue weighted by Crippen LogP contribution is 2.23. The first kappa shape index (κ1) is 10.8. The molecule has 78 valence electrons. The van der Waals surface area contributed by atoms with Crippen LogP contribution < -0.4 is 0 Å². The average Bonchev–Trinajstić information content (AvgIpc) is 2.16. The van der Waals surface area contributed by atoms with Crippen LogP contribution in [0.1, 0.15) is 0 Å². The number of benzene rings is 2. The second-order valence-corrected chi connectivity index (χ2v) is 5.68. The summed E-state index contributed by atoms with van der Waals surface area (Å²) >= 11 is 2.18. The van der Waals surface area contributed by atoms with Gasteiger partial charge in [0.1, 0.15) is 0 Å². The maximum absolute atomic E-state index is 10.9. The minimum atomic E-state index is -4.11. The molecule has 0 unspecified atom stereocenters. The number of hydrogen-bond acceptors (Lipinski definition) is 2. The summed E-state index contributed by atoms with van der Waals surface area (Å²) in [6, 6.07) is 10.2. The van der Waals surface area contributed by atoms with E-state index in [1.807, 2.05) is 18.2 Å². The van der Waals surface area contributed by atoms with Gasteiger partial charge >= 0.3 is 0 Å². The van der Waals surface area contributed by atoms with Crippen molar-refractivity contribution in [2.75, 3.05) is 0 Å². The Morgan fingerprint density at radius 2 is 1.87 bits per heavy atom. The van der Waals surface area contributed by atoms with Crippen molar-refractivity contribution in [3.8, 4) is 0 Å². The van der Waals surface area contributed by atoms with Gasteiger partial charge in [0.15, 0.2) is 0 Å². The van der Waals surface area contributed by atoms with Crippen molar-refractivity contribution in [1.29, 1.82) is 0 Å². The smallest absolute Gasteiger partial charge is 0.282 e. The van der Waals surface area contributed by atoms with E-state index in [1.54, 1.807) is 6.07 Å². The van der Waals surface area contributed by atoms with Gasteiger partial charge < -0.3 is 0 Å². The lowest BCUT2D eigenvalue weighted by Gasteiger charge is -2.02. The highest BCUT2D eigenvalue weighted by atomic mass is 127. The molecule has 0 radical (unpaired) electrons. The van der Waals surface area contributed by atoms with Crippen molar-refractivity contribution in [1.82, 2.24) is 0 Å². The fourth-order valence-corrected chi connectivity index (χ4v) is 2.60. The first-order valence-corrected chi connectivity index (χ1v) is 6.66. The number of rotatable bonds is 1. The van der Waals surface area contributed by atoms with Crippen molar-refractivity contribution < 1.29 is 13.0 Å². The lowest BCUT2D eigenvalue weighted by Crippen LogP contribution is -1.97. The second kappa shape index (κ2) is 3.73. The highest BCUT2D eigenvalue weighted by Gasteiger charge is 2.09. The molecule has 0 aliphatic rings. The molecule has 5 heteroatoms. The van der Waals surface area contributed by atoms with Gasteiger partial charge in [0.25, 0.3) is 10.1 Å². The van der Waals surface area contributed by atoms with Gasteiger partial charge in [-0.15, -0.1) is 0 Å². The Morgan fingerprint density at radius 1 is 1.13 bits per heavy atom. The molecule has 0 aliphatic heterocycles. The van der Waals surface area contributed by atoms with E-state index in [0.717, 1.165) is 14.3 Å². The summed E-state index contributed by atoms with van der Waals surface area (Å²) in [5.41, 5.74) is 0. The lowest BCUT2D eigenvalue weighted by atomic mass is 10.1. The van der Waals surface area contributed by atoms with Gasteiger partial charge in [-0.3, -0.25) is 4.55 Å². The van der Waals surface area contributed by atoms with E-state index in [2.05, 4.69) is 22.6 Å². The minimum absolute atomic E-state index is 0.0722. The zero-order valence-electron chi connectivity index (χ0n) is 7.51. The van der Waals surface area contributed by atoms with E-state index in [-0.39, 0.29) is 4.90 Å². The monoisotopic (exact) mass is 334 g/mol. The standard InChI is InChI=1S/C10H7IO3S/c11-10-3-1-2-7-6-8(15(12,13)14)4-5-9(7)10/h1-6H,(H,12,13,14). The first-order chi connectivity index (χ1) is 6.98. The Kier molecular flexibility index (Phi) is 2.70. The minimum Gasteiger partial charge on any atom is -0.282 e. The molecule has 0 saturated carbocycles. The SMILES string of the molecule is O=S(=O)(O)c1ccc2c(I)cccc2c1. The Hall–Kier alpha value is -0.660. The molecule has 2 aromatic carbocycles. The molecule has 2 rings (SSSR count). The maximum atomic E-state index is 10.9. The molecule has 0 saturated heterocycles. The van der Waals surface area contributed by atoms with Crippen LogP contribution >= 0.6 is 22.6 Å². The van der Waals surface area contributed by atoms with Gasteiger partial charge in [0, 0.05) is 3.57 Å². The van der Waals surface area contributed by atoms with Crippen molar-refractivity contribution in [2.45, 2.75) is 4.90 Å². The van der Waals surface area contributed by atoms with Crippen LogP contribution in [0.3, 0.4) is 0 Å². The van der Waals surface area contributed by atoms with Crippen LogP contribution in [0, 0.1) is 3.57 Å². The van der Waals surface area contributed by atoms with Crippen LogP contribution in [0.5, 0.6) is 0 Å². The van der Waals surface area contributed by atoms with E-state index in [0.29, 0.717) is 0 Å². The number of hydrogen-bond donors (Lipinski definition) is 1. The zero-order chi connectivity index (χ0) is 11.1. The third-order valence-electron chi connectivity index (χ3n) is 2.10. The molecular weight excluding hydrogens is 327 g/mol. The third-order valence-corrected chi connectivity index (χ3v) is 3.89. The molecule has 0 heterocycles. The summed E-state index contributed by atoms with van der Waals surface area (Å²) in [6.07, 6.45) is 0. The molecule has 0 fully saturated rings.